The maximum atomic E-state index is 10.9. The van der Waals surface area contributed by atoms with E-state index in [-0.39, 0.29) is 22.2 Å². The van der Waals surface area contributed by atoms with Gasteiger partial charge in [-0.2, -0.15) is 0 Å². The van der Waals surface area contributed by atoms with Gasteiger partial charge in [-0.15, -0.1) is 0 Å². The molecule has 0 saturated carbocycles. The van der Waals surface area contributed by atoms with Crippen LogP contribution < -0.4 is 14.2 Å². The SMILES string of the molecule is COc1cc(-c2cc(C(=O)O)on2)c(OC)c(Cl)c1OC. The van der Waals surface area contributed by atoms with E-state index < -0.39 is 5.97 Å². The predicted octanol–water partition coefficient (Wildman–Crippen LogP) is 2.72. The molecule has 8 heteroatoms. The van der Waals surface area contributed by atoms with E-state index in [0.717, 1.165) is 0 Å². The summed E-state index contributed by atoms with van der Waals surface area (Å²) in [5.74, 6) is -0.572. The maximum absolute atomic E-state index is 10.9. The molecule has 0 atom stereocenters. The van der Waals surface area contributed by atoms with Crippen LogP contribution >= 0.6 is 11.6 Å². The van der Waals surface area contributed by atoms with Gasteiger partial charge in [-0.1, -0.05) is 16.8 Å². The molecule has 1 N–H and O–H groups in total. The standard InChI is InChI=1S/C13H12ClNO6/c1-18-8-4-6(7-5-9(13(16)17)21-15-7)11(19-2)10(14)12(8)20-3/h4-5H,1-3H3,(H,16,17). The van der Waals surface area contributed by atoms with E-state index in [2.05, 4.69) is 5.16 Å². The van der Waals surface area contributed by atoms with E-state index >= 15 is 0 Å². The average molecular weight is 314 g/mol. The Bertz CT molecular complexity index is 682. The number of carboxylic acids is 1. The smallest absolute Gasteiger partial charge is 0.374 e. The van der Waals surface area contributed by atoms with Crippen molar-refractivity contribution in [2.75, 3.05) is 21.3 Å². The highest BCUT2D eigenvalue weighted by atomic mass is 35.5. The number of aromatic carboxylic acids is 1. The van der Waals surface area contributed by atoms with Crippen LogP contribution in [0.3, 0.4) is 0 Å². The second-order valence-electron chi connectivity index (χ2n) is 3.89. The van der Waals surface area contributed by atoms with Crippen LogP contribution in [0.1, 0.15) is 10.6 Å². The largest absolute Gasteiger partial charge is 0.494 e. The summed E-state index contributed by atoms with van der Waals surface area (Å²) in [7, 11) is 4.33. The fourth-order valence-corrected chi connectivity index (χ4v) is 2.18. The van der Waals surface area contributed by atoms with Gasteiger partial charge in [0.2, 0.25) is 5.76 Å². The molecule has 0 aliphatic rings. The molecule has 0 fully saturated rings. The summed E-state index contributed by atoms with van der Waals surface area (Å²) in [4.78, 5) is 10.9. The molecule has 112 valence electrons. The molecule has 0 aliphatic heterocycles. The first-order valence-electron chi connectivity index (χ1n) is 5.72. The topological polar surface area (TPSA) is 91.0 Å². The molecule has 1 aromatic carbocycles. The molecule has 0 radical (unpaired) electrons. The van der Waals surface area contributed by atoms with Crippen LogP contribution in [0.25, 0.3) is 11.3 Å². The van der Waals surface area contributed by atoms with Crippen molar-refractivity contribution in [1.82, 2.24) is 5.16 Å². The zero-order valence-corrected chi connectivity index (χ0v) is 12.2. The van der Waals surface area contributed by atoms with Gasteiger partial charge in [0.15, 0.2) is 17.2 Å². The Labute approximate surface area is 125 Å². The molecule has 0 bridgehead atoms. The van der Waals surface area contributed by atoms with Crippen LogP contribution in [0.2, 0.25) is 5.02 Å². The maximum Gasteiger partial charge on any atom is 0.374 e. The Kier molecular flexibility index (Phi) is 4.23. The van der Waals surface area contributed by atoms with Gasteiger partial charge in [0, 0.05) is 6.07 Å². The number of ether oxygens (including phenoxy) is 3. The molecule has 7 nitrogen and oxygen atoms in total. The van der Waals surface area contributed by atoms with Crippen LogP contribution in [0.4, 0.5) is 0 Å². The molecular weight excluding hydrogens is 302 g/mol. The van der Waals surface area contributed by atoms with Gasteiger partial charge >= 0.3 is 5.97 Å². The number of rotatable bonds is 5. The van der Waals surface area contributed by atoms with Gasteiger partial charge in [-0.05, 0) is 6.07 Å². The minimum Gasteiger partial charge on any atom is -0.494 e. The van der Waals surface area contributed by atoms with Crippen molar-refractivity contribution in [3.8, 4) is 28.5 Å². The van der Waals surface area contributed by atoms with Gasteiger partial charge in [-0.3, -0.25) is 0 Å². The fraction of sp³-hybridized carbons (Fsp3) is 0.231. The minimum absolute atomic E-state index is 0.189. The summed E-state index contributed by atoms with van der Waals surface area (Å²) in [5.41, 5.74) is 0.684. The van der Waals surface area contributed by atoms with Crippen molar-refractivity contribution in [2.45, 2.75) is 0 Å². The van der Waals surface area contributed by atoms with Crippen LogP contribution in [-0.4, -0.2) is 37.6 Å². The van der Waals surface area contributed by atoms with Gasteiger partial charge in [-0.25, -0.2) is 4.79 Å². The number of nitrogens with zero attached hydrogens (tertiary/aromatic N) is 1. The van der Waals surface area contributed by atoms with Crippen LogP contribution in [0.5, 0.6) is 17.2 Å². The second kappa shape index (κ2) is 5.92. The highest BCUT2D eigenvalue weighted by Crippen LogP contribution is 2.47. The van der Waals surface area contributed by atoms with Crippen molar-refractivity contribution in [3.05, 3.63) is 22.9 Å². The summed E-state index contributed by atoms with van der Waals surface area (Å²) < 4.78 is 20.3. The summed E-state index contributed by atoms with van der Waals surface area (Å²) in [6.45, 7) is 0. The highest BCUT2D eigenvalue weighted by Gasteiger charge is 2.23. The Morgan fingerprint density at radius 1 is 1.19 bits per heavy atom. The first kappa shape index (κ1) is 15.0. The third-order valence-corrected chi connectivity index (χ3v) is 3.11. The zero-order valence-electron chi connectivity index (χ0n) is 11.5. The van der Waals surface area contributed by atoms with E-state index in [1.807, 2.05) is 0 Å². The van der Waals surface area contributed by atoms with E-state index in [0.29, 0.717) is 17.1 Å². The van der Waals surface area contributed by atoms with Gasteiger partial charge in [0.05, 0.1) is 26.9 Å². The fourth-order valence-electron chi connectivity index (χ4n) is 1.83. The quantitative estimate of drug-likeness (QED) is 0.907. The van der Waals surface area contributed by atoms with Crippen LogP contribution in [-0.2, 0) is 0 Å². The summed E-state index contributed by atoms with van der Waals surface area (Å²) in [6, 6.07) is 2.84. The third kappa shape index (κ3) is 2.59. The molecular formula is C13H12ClNO6. The number of hydrogen-bond acceptors (Lipinski definition) is 6. The summed E-state index contributed by atoms with van der Waals surface area (Å²) >= 11 is 6.21. The highest BCUT2D eigenvalue weighted by molar-refractivity contribution is 6.34. The van der Waals surface area contributed by atoms with Crippen molar-refractivity contribution in [2.24, 2.45) is 0 Å². The number of methoxy groups -OCH3 is 3. The first-order chi connectivity index (χ1) is 10.0. The van der Waals surface area contributed by atoms with Crippen LogP contribution in [0.15, 0.2) is 16.7 Å². The lowest BCUT2D eigenvalue weighted by Crippen LogP contribution is -1.97. The summed E-state index contributed by atoms with van der Waals surface area (Å²) in [6.07, 6.45) is 0. The Hall–Kier alpha value is -2.41. The normalized spacial score (nSPS) is 10.3. The molecule has 0 aliphatic carbocycles. The zero-order chi connectivity index (χ0) is 15.6. The third-order valence-electron chi connectivity index (χ3n) is 2.77. The van der Waals surface area contributed by atoms with Gasteiger partial charge in [0.25, 0.3) is 0 Å². The molecule has 0 unspecified atom stereocenters. The Balaban J connectivity index is 2.66. The number of carboxylic acid groups (broad SMARTS) is 1. The number of halogens is 1. The molecule has 0 spiro atoms. The number of carbonyl (C=O) groups is 1. The van der Waals surface area contributed by atoms with Crippen molar-refractivity contribution in [1.29, 1.82) is 0 Å². The lowest BCUT2D eigenvalue weighted by Gasteiger charge is -2.15. The lowest BCUT2D eigenvalue weighted by atomic mass is 10.1. The number of benzene rings is 1. The Morgan fingerprint density at radius 3 is 2.33 bits per heavy atom. The van der Waals surface area contributed by atoms with E-state index in [9.17, 15) is 4.79 Å². The molecule has 1 aromatic heterocycles. The molecule has 21 heavy (non-hydrogen) atoms. The number of hydrogen-bond donors (Lipinski definition) is 1. The molecule has 2 aromatic rings. The lowest BCUT2D eigenvalue weighted by molar-refractivity contribution is 0.0652. The van der Waals surface area contributed by atoms with E-state index in [1.165, 1.54) is 27.4 Å². The van der Waals surface area contributed by atoms with Crippen LogP contribution in [0, 0.1) is 0 Å². The minimum atomic E-state index is -1.22. The first-order valence-corrected chi connectivity index (χ1v) is 6.10. The molecule has 2 rings (SSSR count). The predicted molar refractivity (Wildman–Crippen MR) is 73.6 cm³/mol. The Morgan fingerprint density at radius 2 is 1.86 bits per heavy atom. The van der Waals surface area contributed by atoms with Crippen molar-refractivity contribution < 1.29 is 28.6 Å². The molecule has 0 saturated heterocycles. The van der Waals surface area contributed by atoms with E-state index in [4.69, 9.17) is 35.4 Å². The monoisotopic (exact) mass is 313 g/mol. The van der Waals surface area contributed by atoms with E-state index in [1.54, 1.807) is 6.07 Å². The van der Waals surface area contributed by atoms with Crippen molar-refractivity contribution in [3.63, 3.8) is 0 Å². The van der Waals surface area contributed by atoms with Crippen molar-refractivity contribution >= 4 is 17.6 Å². The van der Waals surface area contributed by atoms with Gasteiger partial charge in [0.1, 0.15) is 10.7 Å². The second-order valence-corrected chi connectivity index (χ2v) is 4.27. The number of aromatic nitrogens is 1. The average Bonchev–Trinajstić information content (AvgIpc) is 2.96. The molecule has 0 amide bonds. The molecule has 1 heterocycles. The van der Waals surface area contributed by atoms with Gasteiger partial charge < -0.3 is 23.8 Å². The summed E-state index contributed by atoms with van der Waals surface area (Å²) in [5, 5.41) is 12.8.